The number of likely N-dealkylation sites (tertiary alicyclic amines) is 1. The van der Waals surface area contributed by atoms with Crippen molar-refractivity contribution in [2.24, 2.45) is 5.92 Å². The topological polar surface area (TPSA) is 83.4 Å². The zero-order chi connectivity index (χ0) is 13.0. The number of piperidine rings is 1. The van der Waals surface area contributed by atoms with Crippen molar-refractivity contribution >= 4 is 11.9 Å². The van der Waals surface area contributed by atoms with Crippen LogP contribution in [0.2, 0.25) is 0 Å². The van der Waals surface area contributed by atoms with Gasteiger partial charge in [0.1, 0.15) is 0 Å². The van der Waals surface area contributed by atoms with Gasteiger partial charge >= 0.3 is 5.97 Å². The third-order valence-corrected chi connectivity index (χ3v) is 3.20. The molecular formula is C12H15N3O3. The Morgan fingerprint density at radius 1 is 1.33 bits per heavy atom. The molecule has 1 aliphatic heterocycles. The van der Waals surface area contributed by atoms with Crippen LogP contribution in [0.5, 0.6) is 0 Å². The molecule has 1 aromatic heterocycles. The molecule has 2 rings (SSSR count). The molecule has 1 amide bonds. The number of aromatic nitrogens is 2. The van der Waals surface area contributed by atoms with Crippen molar-refractivity contribution in [2.45, 2.75) is 19.3 Å². The smallest absolute Gasteiger partial charge is 0.303 e. The van der Waals surface area contributed by atoms with E-state index in [0.717, 1.165) is 12.8 Å². The number of carboxylic acids is 1. The lowest BCUT2D eigenvalue weighted by Gasteiger charge is -2.31. The van der Waals surface area contributed by atoms with Gasteiger partial charge in [-0.2, -0.15) is 10.2 Å². The van der Waals surface area contributed by atoms with Gasteiger partial charge in [0.15, 0.2) is 0 Å². The number of hydrogen-bond acceptors (Lipinski definition) is 4. The Kier molecular flexibility index (Phi) is 3.86. The van der Waals surface area contributed by atoms with Gasteiger partial charge in [-0.1, -0.05) is 0 Å². The molecule has 2 heterocycles. The van der Waals surface area contributed by atoms with Crippen LogP contribution in [0.1, 0.15) is 29.6 Å². The van der Waals surface area contributed by atoms with Crippen molar-refractivity contribution < 1.29 is 14.7 Å². The summed E-state index contributed by atoms with van der Waals surface area (Å²) in [5.41, 5.74) is 0.529. The highest BCUT2D eigenvalue weighted by atomic mass is 16.4. The maximum atomic E-state index is 12.1. The first-order chi connectivity index (χ1) is 8.66. The van der Waals surface area contributed by atoms with Crippen LogP contribution in [-0.4, -0.2) is 45.2 Å². The van der Waals surface area contributed by atoms with Crippen LogP contribution >= 0.6 is 0 Å². The minimum Gasteiger partial charge on any atom is -0.481 e. The van der Waals surface area contributed by atoms with Crippen LogP contribution in [0, 0.1) is 5.92 Å². The first-order valence-electron chi connectivity index (χ1n) is 5.94. The average Bonchev–Trinajstić information content (AvgIpc) is 2.39. The van der Waals surface area contributed by atoms with Gasteiger partial charge in [-0.3, -0.25) is 9.59 Å². The summed E-state index contributed by atoms with van der Waals surface area (Å²) < 4.78 is 0. The van der Waals surface area contributed by atoms with Crippen LogP contribution in [0.25, 0.3) is 0 Å². The molecule has 6 nitrogen and oxygen atoms in total. The number of amides is 1. The summed E-state index contributed by atoms with van der Waals surface area (Å²) in [6.07, 6.45) is 4.63. The molecular weight excluding hydrogens is 234 g/mol. The molecule has 1 saturated heterocycles. The lowest BCUT2D eigenvalue weighted by molar-refractivity contribution is -0.138. The fraction of sp³-hybridized carbons (Fsp3) is 0.500. The number of hydrogen-bond donors (Lipinski definition) is 1. The average molecular weight is 249 g/mol. The van der Waals surface area contributed by atoms with E-state index in [9.17, 15) is 9.59 Å². The Morgan fingerprint density at radius 2 is 2.06 bits per heavy atom. The highest BCUT2D eigenvalue weighted by Gasteiger charge is 2.24. The van der Waals surface area contributed by atoms with Gasteiger partial charge < -0.3 is 10.0 Å². The van der Waals surface area contributed by atoms with Gasteiger partial charge in [0.05, 0.1) is 18.0 Å². The molecule has 0 unspecified atom stereocenters. The second kappa shape index (κ2) is 5.57. The largest absolute Gasteiger partial charge is 0.481 e. The standard InChI is InChI=1S/C12H15N3O3/c16-11(17)7-9-2-5-15(6-3-9)12(18)10-1-4-13-14-8-10/h1,4,8-9H,2-3,5-7H2,(H,16,17). The molecule has 18 heavy (non-hydrogen) atoms. The summed E-state index contributed by atoms with van der Waals surface area (Å²) in [4.78, 5) is 24.4. The molecule has 1 fully saturated rings. The minimum atomic E-state index is -0.766. The van der Waals surface area contributed by atoms with Gasteiger partial charge in [0.2, 0.25) is 0 Å². The van der Waals surface area contributed by atoms with Crippen LogP contribution < -0.4 is 0 Å². The molecule has 0 saturated carbocycles. The van der Waals surface area contributed by atoms with Crippen LogP contribution in [0.15, 0.2) is 18.5 Å². The molecule has 0 atom stereocenters. The zero-order valence-corrected chi connectivity index (χ0v) is 9.95. The molecule has 0 bridgehead atoms. The molecule has 0 aliphatic carbocycles. The summed E-state index contributed by atoms with van der Waals surface area (Å²) in [6, 6.07) is 1.64. The van der Waals surface area contributed by atoms with Crippen molar-refractivity contribution in [3.05, 3.63) is 24.0 Å². The number of carboxylic acid groups (broad SMARTS) is 1. The molecule has 6 heteroatoms. The Hall–Kier alpha value is -1.98. The zero-order valence-electron chi connectivity index (χ0n) is 9.95. The molecule has 0 aromatic carbocycles. The van der Waals surface area contributed by atoms with Crippen LogP contribution in [0.3, 0.4) is 0 Å². The number of carbonyl (C=O) groups excluding carboxylic acids is 1. The second-order valence-electron chi connectivity index (χ2n) is 4.46. The van der Waals surface area contributed by atoms with Gasteiger partial charge in [0, 0.05) is 19.5 Å². The SMILES string of the molecule is O=C(O)CC1CCN(C(=O)c2ccnnc2)CC1. The lowest BCUT2D eigenvalue weighted by Crippen LogP contribution is -2.38. The molecule has 96 valence electrons. The lowest BCUT2D eigenvalue weighted by atomic mass is 9.93. The van der Waals surface area contributed by atoms with Crippen molar-refractivity contribution in [2.75, 3.05) is 13.1 Å². The summed E-state index contributed by atoms with van der Waals surface area (Å²) in [7, 11) is 0. The Bertz CT molecular complexity index is 427. The van der Waals surface area contributed by atoms with E-state index in [1.807, 2.05) is 0 Å². The maximum Gasteiger partial charge on any atom is 0.303 e. The highest BCUT2D eigenvalue weighted by molar-refractivity contribution is 5.93. The predicted molar refractivity (Wildman–Crippen MR) is 62.9 cm³/mol. The van der Waals surface area contributed by atoms with Gasteiger partial charge in [-0.15, -0.1) is 0 Å². The molecule has 0 radical (unpaired) electrons. The third-order valence-electron chi connectivity index (χ3n) is 3.20. The second-order valence-corrected chi connectivity index (χ2v) is 4.46. The van der Waals surface area contributed by atoms with Crippen LogP contribution in [0.4, 0.5) is 0 Å². The number of aliphatic carboxylic acids is 1. The minimum absolute atomic E-state index is 0.0568. The number of rotatable bonds is 3. The highest BCUT2D eigenvalue weighted by Crippen LogP contribution is 2.21. The van der Waals surface area contributed by atoms with E-state index in [4.69, 9.17) is 5.11 Å². The fourth-order valence-electron chi connectivity index (χ4n) is 2.19. The normalized spacial score (nSPS) is 16.6. The van der Waals surface area contributed by atoms with E-state index in [0.29, 0.717) is 18.7 Å². The predicted octanol–water partition coefficient (Wildman–Crippen LogP) is 0.804. The van der Waals surface area contributed by atoms with E-state index in [-0.39, 0.29) is 18.2 Å². The Morgan fingerprint density at radius 3 is 2.61 bits per heavy atom. The maximum absolute atomic E-state index is 12.1. The van der Waals surface area contributed by atoms with E-state index in [1.165, 1.54) is 12.4 Å². The molecule has 1 aliphatic rings. The molecule has 0 spiro atoms. The monoisotopic (exact) mass is 249 g/mol. The van der Waals surface area contributed by atoms with E-state index >= 15 is 0 Å². The molecule has 1 N–H and O–H groups in total. The van der Waals surface area contributed by atoms with Crippen LogP contribution in [-0.2, 0) is 4.79 Å². The molecule has 1 aromatic rings. The van der Waals surface area contributed by atoms with E-state index < -0.39 is 5.97 Å². The fourth-order valence-corrected chi connectivity index (χ4v) is 2.19. The Labute approximate surface area is 105 Å². The summed E-state index contributed by atoms with van der Waals surface area (Å²) >= 11 is 0. The van der Waals surface area contributed by atoms with E-state index in [1.54, 1.807) is 11.0 Å². The van der Waals surface area contributed by atoms with Crippen molar-refractivity contribution in [3.8, 4) is 0 Å². The van der Waals surface area contributed by atoms with Crippen molar-refractivity contribution in [1.29, 1.82) is 0 Å². The van der Waals surface area contributed by atoms with Gasteiger partial charge in [-0.05, 0) is 24.8 Å². The number of carbonyl (C=O) groups is 2. The van der Waals surface area contributed by atoms with Gasteiger partial charge in [0.25, 0.3) is 5.91 Å². The number of nitrogens with zero attached hydrogens (tertiary/aromatic N) is 3. The van der Waals surface area contributed by atoms with Crippen molar-refractivity contribution in [3.63, 3.8) is 0 Å². The Balaban J connectivity index is 1.90. The first-order valence-corrected chi connectivity index (χ1v) is 5.94. The van der Waals surface area contributed by atoms with Gasteiger partial charge in [-0.25, -0.2) is 0 Å². The third kappa shape index (κ3) is 3.03. The summed E-state index contributed by atoms with van der Waals surface area (Å²) in [5, 5.41) is 16.0. The summed E-state index contributed by atoms with van der Waals surface area (Å²) in [6.45, 7) is 1.22. The quantitative estimate of drug-likeness (QED) is 0.856. The van der Waals surface area contributed by atoms with Crippen molar-refractivity contribution in [1.82, 2.24) is 15.1 Å². The first kappa shape index (κ1) is 12.5. The summed E-state index contributed by atoms with van der Waals surface area (Å²) in [5.74, 6) is -0.640. The van der Waals surface area contributed by atoms with E-state index in [2.05, 4.69) is 10.2 Å².